The van der Waals surface area contributed by atoms with Gasteiger partial charge in [0.05, 0.1) is 6.61 Å². The Morgan fingerprint density at radius 1 is 1.29 bits per heavy atom. The zero-order valence-corrected chi connectivity index (χ0v) is 12.4. The molecular weight excluding hydrogens is 266 g/mol. The standard InChI is InChI=1S/C16H25N3O2/c20-11-8-17-16(21)18-12-15-7-10-19(13-15)9-6-14-4-2-1-3-5-14/h1-5,15,20H,6-13H2,(H2,17,18,21). The summed E-state index contributed by atoms with van der Waals surface area (Å²) in [7, 11) is 0. The van der Waals surface area contributed by atoms with E-state index in [9.17, 15) is 4.79 Å². The quantitative estimate of drug-likeness (QED) is 0.697. The lowest BCUT2D eigenvalue weighted by molar-refractivity contribution is 0.232. The summed E-state index contributed by atoms with van der Waals surface area (Å²) in [5.74, 6) is 0.528. The molecule has 3 N–H and O–H groups in total. The Bertz CT molecular complexity index is 425. The maximum Gasteiger partial charge on any atom is 0.314 e. The highest BCUT2D eigenvalue weighted by molar-refractivity contribution is 5.73. The van der Waals surface area contributed by atoms with E-state index in [1.165, 1.54) is 5.56 Å². The zero-order chi connectivity index (χ0) is 14.9. The molecule has 5 heteroatoms. The van der Waals surface area contributed by atoms with Crippen LogP contribution >= 0.6 is 0 Å². The van der Waals surface area contributed by atoms with Crippen LogP contribution in [0.4, 0.5) is 4.79 Å². The number of carbonyl (C=O) groups is 1. The molecule has 1 atom stereocenters. The first-order valence-corrected chi connectivity index (χ1v) is 7.67. The van der Waals surface area contributed by atoms with Gasteiger partial charge in [-0.3, -0.25) is 0 Å². The number of nitrogens with one attached hydrogen (secondary N) is 2. The van der Waals surface area contributed by atoms with Crippen LogP contribution in [0.1, 0.15) is 12.0 Å². The van der Waals surface area contributed by atoms with Crippen molar-refractivity contribution >= 4 is 6.03 Å². The largest absolute Gasteiger partial charge is 0.395 e. The second kappa shape index (κ2) is 8.64. The molecule has 21 heavy (non-hydrogen) atoms. The predicted molar refractivity (Wildman–Crippen MR) is 83.2 cm³/mol. The number of urea groups is 1. The van der Waals surface area contributed by atoms with Gasteiger partial charge >= 0.3 is 6.03 Å². The highest BCUT2D eigenvalue weighted by Crippen LogP contribution is 2.15. The van der Waals surface area contributed by atoms with E-state index in [1.807, 2.05) is 6.07 Å². The smallest absolute Gasteiger partial charge is 0.314 e. The average molecular weight is 291 g/mol. The van der Waals surface area contributed by atoms with E-state index in [4.69, 9.17) is 5.11 Å². The first kappa shape index (κ1) is 15.8. The summed E-state index contributed by atoms with van der Waals surface area (Å²) >= 11 is 0. The van der Waals surface area contributed by atoms with Gasteiger partial charge in [-0.1, -0.05) is 30.3 Å². The Morgan fingerprint density at radius 3 is 2.86 bits per heavy atom. The fourth-order valence-corrected chi connectivity index (χ4v) is 2.68. The number of aliphatic hydroxyl groups excluding tert-OH is 1. The minimum atomic E-state index is -0.188. The third kappa shape index (κ3) is 5.73. The van der Waals surface area contributed by atoms with Crippen molar-refractivity contribution in [3.63, 3.8) is 0 Å². The van der Waals surface area contributed by atoms with Gasteiger partial charge in [0.25, 0.3) is 0 Å². The molecule has 1 aromatic carbocycles. The monoisotopic (exact) mass is 291 g/mol. The summed E-state index contributed by atoms with van der Waals surface area (Å²) in [5.41, 5.74) is 1.38. The third-order valence-electron chi connectivity index (χ3n) is 3.88. The molecule has 0 radical (unpaired) electrons. The molecule has 5 nitrogen and oxygen atoms in total. The van der Waals surface area contributed by atoms with Gasteiger partial charge in [-0.05, 0) is 30.9 Å². The topological polar surface area (TPSA) is 64.6 Å². The molecule has 0 bridgehead atoms. The van der Waals surface area contributed by atoms with Crippen LogP contribution in [-0.4, -0.2) is 55.4 Å². The van der Waals surface area contributed by atoms with Crippen molar-refractivity contribution in [3.05, 3.63) is 35.9 Å². The molecule has 1 aliphatic heterocycles. The van der Waals surface area contributed by atoms with Crippen LogP contribution in [0, 0.1) is 5.92 Å². The summed E-state index contributed by atoms with van der Waals surface area (Å²) in [5, 5.41) is 14.1. The van der Waals surface area contributed by atoms with Crippen LogP contribution < -0.4 is 10.6 Å². The van der Waals surface area contributed by atoms with Gasteiger partial charge in [0.2, 0.25) is 0 Å². The number of rotatable bonds is 7. The van der Waals surface area contributed by atoms with E-state index in [2.05, 4.69) is 39.8 Å². The second-order valence-electron chi connectivity index (χ2n) is 5.55. The summed E-state index contributed by atoms with van der Waals surface area (Å²) in [4.78, 5) is 13.9. The Balaban J connectivity index is 1.61. The van der Waals surface area contributed by atoms with Crippen molar-refractivity contribution in [1.82, 2.24) is 15.5 Å². The molecule has 1 unspecified atom stereocenters. The molecule has 2 rings (SSSR count). The maximum absolute atomic E-state index is 11.4. The van der Waals surface area contributed by atoms with Crippen LogP contribution in [0.15, 0.2) is 30.3 Å². The van der Waals surface area contributed by atoms with Crippen molar-refractivity contribution in [3.8, 4) is 0 Å². The molecule has 0 spiro atoms. The molecule has 0 aromatic heterocycles. The highest BCUT2D eigenvalue weighted by Gasteiger charge is 2.22. The minimum Gasteiger partial charge on any atom is -0.395 e. The molecule has 1 aliphatic rings. The van der Waals surface area contributed by atoms with Crippen LogP contribution in [0.5, 0.6) is 0 Å². The lowest BCUT2D eigenvalue weighted by atomic mass is 10.1. The van der Waals surface area contributed by atoms with Crippen molar-refractivity contribution < 1.29 is 9.90 Å². The number of aliphatic hydroxyl groups is 1. The van der Waals surface area contributed by atoms with Gasteiger partial charge < -0.3 is 20.6 Å². The summed E-state index contributed by atoms with van der Waals surface area (Å²) in [6.07, 6.45) is 2.22. The number of amides is 2. The van der Waals surface area contributed by atoms with Gasteiger partial charge in [-0.25, -0.2) is 4.79 Å². The van der Waals surface area contributed by atoms with Crippen molar-refractivity contribution in [2.24, 2.45) is 5.92 Å². The maximum atomic E-state index is 11.4. The molecule has 2 amide bonds. The molecule has 1 heterocycles. The lowest BCUT2D eigenvalue weighted by Gasteiger charge is -2.16. The van der Waals surface area contributed by atoms with Gasteiger partial charge in [0.15, 0.2) is 0 Å². The lowest BCUT2D eigenvalue weighted by Crippen LogP contribution is -2.40. The van der Waals surface area contributed by atoms with E-state index in [0.29, 0.717) is 19.0 Å². The normalized spacial score (nSPS) is 18.6. The van der Waals surface area contributed by atoms with E-state index < -0.39 is 0 Å². The van der Waals surface area contributed by atoms with E-state index in [1.54, 1.807) is 0 Å². The Labute approximate surface area is 126 Å². The minimum absolute atomic E-state index is 0.0237. The van der Waals surface area contributed by atoms with Crippen molar-refractivity contribution in [1.29, 1.82) is 0 Å². The van der Waals surface area contributed by atoms with Crippen LogP contribution in [0.25, 0.3) is 0 Å². The van der Waals surface area contributed by atoms with Gasteiger partial charge in [0.1, 0.15) is 0 Å². The Kier molecular flexibility index (Phi) is 6.50. The van der Waals surface area contributed by atoms with E-state index >= 15 is 0 Å². The second-order valence-corrected chi connectivity index (χ2v) is 5.55. The molecular formula is C16H25N3O2. The predicted octanol–water partition coefficient (Wildman–Crippen LogP) is 0.843. The SMILES string of the molecule is O=C(NCCO)NCC1CCN(CCc2ccccc2)C1. The summed E-state index contributed by atoms with van der Waals surface area (Å²) in [6.45, 7) is 4.23. The van der Waals surface area contributed by atoms with E-state index in [0.717, 1.165) is 32.5 Å². The first-order chi connectivity index (χ1) is 10.3. The molecule has 1 aromatic rings. The van der Waals surface area contributed by atoms with Crippen LogP contribution in [0.3, 0.4) is 0 Å². The number of hydrogen-bond donors (Lipinski definition) is 3. The van der Waals surface area contributed by atoms with Gasteiger partial charge in [0, 0.05) is 26.2 Å². The molecule has 0 saturated carbocycles. The number of nitrogens with zero attached hydrogens (tertiary/aromatic N) is 1. The van der Waals surface area contributed by atoms with E-state index in [-0.39, 0.29) is 12.6 Å². The van der Waals surface area contributed by atoms with Gasteiger partial charge in [-0.15, -0.1) is 0 Å². The van der Waals surface area contributed by atoms with Crippen LogP contribution in [-0.2, 0) is 6.42 Å². The highest BCUT2D eigenvalue weighted by atomic mass is 16.3. The average Bonchev–Trinajstić information content (AvgIpc) is 2.98. The fraction of sp³-hybridized carbons (Fsp3) is 0.562. The Morgan fingerprint density at radius 2 is 2.10 bits per heavy atom. The molecule has 1 fully saturated rings. The Hall–Kier alpha value is -1.59. The summed E-state index contributed by atoms with van der Waals surface area (Å²) < 4.78 is 0. The van der Waals surface area contributed by atoms with Gasteiger partial charge in [-0.2, -0.15) is 0 Å². The molecule has 0 aliphatic carbocycles. The third-order valence-corrected chi connectivity index (χ3v) is 3.88. The van der Waals surface area contributed by atoms with Crippen molar-refractivity contribution in [2.75, 3.05) is 39.3 Å². The fourth-order valence-electron chi connectivity index (χ4n) is 2.68. The zero-order valence-electron chi connectivity index (χ0n) is 12.4. The number of likely N-dealkylation sites (tertiary alicyclic amines) is 1. The van der Waals surface area contributed by atoms with Crippen molar-refractivity contribution in [2.45, 2.75) is 12.8 Å². The number of carbonyl (C=O) groups excluding carboxylic acids is 1. The molecule has 116 valence electrons. The molecule has 1 saturated heterocycles. The van der Waals surface area contributed by atoms with Crippen LogP contribution in [0.2, 0.25) is 0 Å². The first-order valence-electron chi connectivity index (χ1n) is 7.67. The summed E-state index contributed by atoms with van der Waals surface area (Å²) in [6, 6.07) is 10.4. The number of benzene rings is 1. The number of hydrogen-bond acceptors (Lipinski definition) is 3.